The summed E-state index contributed by atoms with van der Waals surface area (Å²) in [4.78, 5) is 14.1. The Morgan fingerprint density at radius 2 is 2.32 bits per heavy atom. The minimum absolute atomic E-state index is 0.144. The molecule has 1 heterocycles. The highest BCUT2D eigenvalue weighted by Gasteiger charge is 2.34. The second kappa shape index (κ2) is 5.22. The fraction of sp³-hybridized carbons (Fsp3) is 0.538. The molecular weight excluding hydrogens is 244 g/mol. The van der Waals surface area contributed by atoms with Crippen LogP contribution >= 0.6 is 0 Å². The summed E-state index contributed by atoms with van der Waals surface area (Å²) in [6, 6.07) is 4.65. The minimum atomic E-state index is -0.588. The van der Waals surface area contributed by atoms with Crippen LogP contribution in [-0.2, 0) is 0 Å². The van der Waals surface area contributed by atoms with Crippen molar-refractivity contribution in [1.29, 1.82) is 5.26 Å². The van der Waals surface area contributed by atoms with E-state index in [1.165, 1.54) is 25.3 Å². The third-order valence-corrected chi connectivity index (χ3v) is 3.99. The van der Waals surface area contributed by atoms with E-state index in [1.54, 1.807) is 12.1 Å². The molecule has 0 bridgehead atoms. The van der Waals surface area contributed by atoms with Gasteiger partial charge in [-0.1, -0.05) is 13.3 Å². The van der Waals surface area contributed by atoms with Gasteiger partial charge in [-0.15, -0.1) is 0 Å². The number of nitriles is 1. The van der Waals surface area contributed by atoms with E-state index >= 15 is 0 Å². The largest absolute Gasteiger partial charge is 0.369 e. The third kappa shape index (κ3) is 2.65. The number of aromatic nitrogens is 1. The topological polar surface area (TPSA) is 91.9 Å². The zero-order valence-corrected chi connectivity index (χ0v) is 10.8. The highest BCUT2D eigenvalue weighted by molar-refractivity contribution is 5.50. The Kier molecular flexibility index (Phi) is 3.65. The number of nitro groups is 1. The van der Waals surface area contributed by atoms with Crippen LogP contribution in [0, 0.1) is 26.9 Å². The van der Waals surface area contributed by atoms with Gasteiger partial charge in [0.25, 0.3) is 0 Å². The first-order valence-corrected chi connectivity index (χ1v) is 6.40. The first kappa shape index (κ1) is 13.3. The van der Waals surface area contributed by atoms with Crippen LogP contribution in [0.4, 0.5) is 11.5 Å². The average Bonchev–Trinajstić information content (AvgIpc) is 2.37. The molecule has 0 amide bonds. The van der Waals surface area contributed by atoms with Crippen molar-refractivity contribution in [2.24, 2.45) is 5.41 Å². The molecule has 1 aliphatic rings. The van der Waals surface area contributed by atoms with E-state index in [0.29, 0.717) is 11.2 Å². The van der Waals surface area contributed by atoms with Crippen molar-refractivity contribution >= 4 is 11.5 Å². The predicted octanol–water partition coefficient (Wildman–Crippen LogP) is 2.85. The first-order valence-electron chi connectivity index (χ1n) is 6.40. The summed E-state index contributed by atoms with van der Waals surface area (Å²) in [5.41, 5.74) is -0.0629. The molecule has 0 spiro atoms. The molecule has 0 radical (unpaired) electrons. The summed E-state index contributed by atoms with van der Waals surface area (Å²) in [6.07, 6.45) is 4.77. The maximum Gasteiger partial charge on any atom is 0.305 e. The van der Waals surface area contributed by atoms with Gasteiger partial charge in [0.15, 0.2) is 0 Å². The molecule has 0 aromatic carbocycles. The van der Waals surface area contributed by atoms with E-state index in [-0.39, 0.29) is 11.4 Å². The van der Waals surface area contributed by atoms with Crippen molar-refractivity contribution in [3.05, 3.63) is 27.9 Å². The lowest BCUT2D eigenvalue weighted by atomic mass is 9.67. The number of hydrogen-bond donors (Lipinski definition) is 1. The fourth-order valence-corrected chi connectivity index (χ4v) is 2.39. The Hall–Kier alpha value is -2.16. The van der Waals surface area contributed by atoms with Gasteiger partial charge in [-0.25, -0.2) is 4.98 Å². The second-order valence-electron chi connectivity index (χ2n) is 4.99. The van der Waals surface area contributed by atoms with Crippen LogP contribution in [0.1, 0.15) is 38.3 Å². The van der Waals surface area contributed by atoms with Crippen LogP contribution in [-0.4, -0.2) is 16.5 Å². The predicted molar refractivity (Wildman–Crippen MR) is 70.7 cm³/mol. The minimum Gasteiger partial charge on any atom is -0.369 e. The average molecular weight is 260 g/mol. The lowest BCUT2D eigenvalue weighted by molar-refractivity contribution is -0.385. The smallest absolute Gasteiger partial charge is 0.305 e. The molecule has 0 atom stereocenters. The van der Waals surface area contributed by atoms with Gasteiger partial charge in [-0.05, 0) is 30.7 Å². The summed E-state index contributed by atoms with van der Waals surface area (Å²) >= 11 is 0. The molecule has 0 unspecified atom stereocenters. The van der Waals surface area contributed by atoms with Crippen molar-refractivity contribution in [3.63, 3.8) is 0 Å². The van der Waals surface area contributed by atoms with Crippen LogP contribution in [0.25, 0.3) is 0 Å². The molecule has 100 valence electrons. The molecule has 2 rings (SSSR count). The van der Waals surface area contributed by atoms with E-state index < -0.39 is 4.92 Å². The molecule has 1 aromatic rings. The molecule has 6 heteroatoms. The number of nitrogens with zero attached hydrogens (tertiary/aromatic N) is 3. The van der Waals surface area contributed by atoms with E-state index in [2.05, 4.69) is 17.2 Å². The van der Waals surface area contributed by atoms with Crippen molar-refractivity contribution in [2.75, 3.05) is 11.9 Å². The number of nitrogens with one attached hydrogen (secondary N) is 1. The molecule has 6 nitrogen and oxygen atoms in total. The molecular formula is C13H16N4O2. The normalized spacial score (nSPS) is 16.2. The van der Waals surface area contributed by atoms with E-state index in [0.717, 1.165) is 13.0 Å². The van der Waals surface area contributed by atoms with Crippen molar-refractivity contribution < 1.29 is 4.92 Å². The summed E-state index contributed by atoms with van der Waals surface area (Å²) < 4.78 is 0. The maximum atomic E-state index is 10.7. The SMILES string of the molecule is CCC1(CNc2ccc([N+](=O)[O-])c(C#N)n2)CCC1. The summed E-state index contributed by atoms with van der Waals surface area (Å²) in [7, 11) is 0. The van der Waals surface area contributed by atoms with Gasteiger partial charge >= 0.3 is 5.69 Å². The zero-order valence-electron chi connectivity index (χ0n) is 10.8. The molecule has 1 saturated carbocycles. The molecule has 1 fully saturated rings. The van der Waals surface area contributed by atoms with Crippen LogP contribution < -0.4 is 5.32 Å². The lowest BCUT2D eigenvalue weighted by Crippen LogP contribution is -2.36. The van der Waals surface area contributed by atoms with Gasteiger partial charge in [0.2, 0.25) is 5.69 Å². The van der Waals surface area contributed by atoms with Crippen LogP contribution in [0.3, 0.4) is 0 Å². The molecule has 0 saturated heterocycles. The first-order chi connectivity index (χ1) is 9.10. The van der Waals surface area contributed by atoms with Gasteiger partial charge in [0.1, 0.15) is 11.9 Å². The Labute approximate surface area is 111 Å². The van der Waals surface area contributed by atoms with Crippen molar-refractivity contribution in [1.82, 2.24) is 4.98 Å². The fourth-order valence-electron chi connectivity index (χ4n) is 2.39. The summed E-state index contributed by atoms with van der Waals surface area (Å²) in [5.74, 6) is 0.530. The maximum absolute atomic E-state index is 10.7. The molecule has 19 heavy (non-hydrogen) atoms. The number of anilines is 1. The van der Waals surface area contributed by atoms with Gasteiger partial charge in [0.05, 0.1) is 4.92 Å². The second-order valence-corrected chi connectivity index (χ2v) is 4.99. The van der Waals surface area contributed by atoms with Crippen LogP contribution in [0.5, 0.6) is 0 Å². The number of rotatable bonds is 5. The molecule has 1 N–H and O–H groups in total. The quantitative estimate of drug-likeness (QED) is 0.649. The van der Waals surface area contributed by atoms with Crippen molar-refractivity contribution in [2.45, 2.75) is 32.6 Å². The van der Waals surface area contributed by atoms with Gasteiger partial charge in [0, 0.05) is 12.6 Å². The summed E-state index contributed by atoms with van der Waals surface area (Å²) in [6.45, 7) is 2.98. The lowest BCUT2D eigenvalue weighted by Gasteiger charge is -2.41. The Morgan fingerprint density at radius 1 is 1.58 bits per heavy atom. The van der Waals surface area contributed by atoms with Gasteiger partial charge < -0.3 is 5.32 Å². The molecule has 1 aliphatic carbocycles. The Morgan fingerprint density at radius 3 is 2.79 bits per heavy atom. The monoisotopic (exact) mass is 260 g/mol. The van der Waals surface area contributed by atoms with Gasteiger partial charge in [-0.2, -0.15) is 5.26 Å². The Bertz CT molecular complexity index is 526. The molecule has 1 aromatic heterocycles. The third-order valence-electron chi connectivity index (χ3n) is 3.99. The van der Waals surface area contributed by atoms with Crippen LogP contribution in [0.15, 0.2) is 12.1 Å². The molecule has 0 aliphatic heterocycles. The highest BCUT2D eigenvalue weighted by atomic mass is 16.6. The van der Waals surface area contributed by atoms with E-state index in [9.17, 15) is 10.1 Å². The van der Waals surface area contributed by atoms with Gasteiger partial charge in [-0.3, -0.25) is 10.1 Å². The summed E-state index contributed by atoms with van der Waals surface area (Å²) in [5, 5.41) is 22.8. The Balaban J connectivity index is 2.10. The van der Waals surface area contributed by atoms with E-state index in [4.69, 9.17) is 5.26 Å². The van der Waals surface area contributed by atoms with E-state index in [1.807, 2.05) is 0 Å². The zero-order chi connectivity index (χ0) is 13.9. The van der Waals surface area contributed by atoms with Crippen molar-refractivity contribution in [3.8, 4) is 6.07 Å². The number of pyridine rings is 1. The highest BCUT2D eigenvalue weighted by Crippen LogP contribution is 2.43. The standard InChI is InChI=1S/C13H16N4O2/c1-2-13(6-3-7-13)9-15-12-5-4-11(17(18)19)10(8-14)16-12/h4-5H,2-3,6-7,9H2,1H3,(H,15,16). The van der Waals surface area contributed by atoms with Crippen LogP contribution in [0.2, 0.25) is 0 Å². The number of hydrogen-bond acceptors (Lipinski definition) is 5.